The number of carbonyl (C=O) groups is 1. The average Bonchev–Trinajstić information content (AvgIpc) is 3.69. The number of ether oxygens (including phenoxy) is 1. The van der Waals surface area contributed by atoms with Crippen LogP contribution in [0.4, 0.5) is 0 Å². The smallest absolute Gasteiger partial charge is 0.334 e. The molecule has 1 aliphatic rings. The van der Waals surface area contributed by atoms with E-state index < -0.39 is 27.1 Å². The second kappa shape index (κ2) is 11.5. The van der Waals surface area contributed by atoms with Gasteiger partial charge in [0.1, 0.15) is 29.0 Å². The average molecular weight is 626 g/mol. The summed E-state index contributed by atoms with van der Waals surface area (Å²) in [5, 5.41) is 25.4. The number of hydrogen-bond donors (Lipinski definition) is 1. The largest absolute Gasteiger partial charge is 0.479 e. The van der Waals surface area contributed by atoms with Gasteiger partial charge in [-0.05, 0) is 49.2 Å². The molecule has 13 heteroatoms. The maximum atomic E-state index is 13.2. The Bertz CT molecular complexity index is 2030. The quantitative estimate of drug-likeness (QED) is 0.222. The fraction of sp³-hybridized carbons (Fsp3) is 0.281. The monoisotopic (exact) mass is 625 g/mol. The Morgan fingerprint density at radius 1 is 1.09 bits per heavy atom. The second-order valence-electron chi connectivity index (χ2n) is 11.0. The van der Waals surface area contributed by atoms with E-state index in [0.29, 0.717) is 39.4 Å². The van der Waals surface area contributed by atoms with E-state index in [0.717, 1.165) is 0 Å². The number of fused-ring (bicyclic) bond motifs is 1. The molecule has 1 aliphatic heterocycles. The first kappa shape index (κ1) is 30.0. The molecule has 1 fully saturated rings. The molecule has 1 unspecified atom stereocenters. The van der Waals surface area contributed by atoms with Crippen LogP contribution in [0.1, 0.15) is 32.3 Å². The SMILES string of the molecule is CCC(C(=O)O)(c1cccc(Oc2ccccc2)c1)n1ccc2c(-c3cnn(C4(CC#N)CN(S(=O)(=O)CC)C4)c3)ncnc21. The van der Waals surface area contributed by atoms with Gasteiger partial charge in [0.2, 0.25) is 10.0 Å². The zero-order valence-electron chi connectivity index (χ0n) is 24.7. The first-order chi connectivity index (χ1) is 21.7. The van der Waals surface area contributed by atoms with Crippen LogP contribution in [0.25, 0.3) is 22.3 Å². The molecule has 12 nitrogen and oxygen atoms in total. The van der Waals surface area contributed by atoms with Crippen LogP contribution in [0.5, 0.6) is 11.5 Å². The lowest BCUT2D eigenvalue weighted by Gasteiger charge is -2.47. The summed E-state index contributed by atoms with van der Waals surface area (Å²) in [4.78, 5) is 22.2. The molecule has 1 saturated heterocycles. The molecule has 45 heavy (non-hydrogen) atoms. The normalized spacial score (nSPS) is 16.0. The van der Waals surface area contributed by atoms with Gasteiger partial charge in [-0.15, -0.1) is 0 Å². The number of nitriles is 1. The van der Waals surface area contributed by atoms with Crippen LogP contribution in [0.2, 0.25) is 0 Å². The number of rotatable bonds is 11. The van der Waals surface area contributed by atoms with Crippen LogP contribution in [0, 0.1) is 11.3 Å². The minimum atomic E-state index is -3.39. The molecule has 1 N–H and O–H groups in total. The van der Waals surface area contributed by atoms with Gasteiger partial charge in [-0.25, -0.2) is 23.2 Å². The highest BCUT2D eigenvalue weighted by molar-refractivity contribution is 7.89. The predicted octanol–water partition coefficient (Wildman–Crippen LogP) is 4.60. The fourth-order valence-corrected chi connectivity index (χ4v) is 7.24. The highest BCUT2D eigenvalue weighted by atomic mass is 32.2. The van der Waals surface area contributed by atoms with Gasteiger partial charge < -0.3 is 14.4 Å². The number of carboxylic acid groups (broad SMARTS) is 1. The predicted molar refractivity (Wildman–Crippen MR) is 166 cm³/mol. The van der Waals surface area contributed by atoms with Crippen molar-refractivity contribution in [2.75, 3.05) is 18.8 Å². The number of carboxylic acids is 1. The minimum Gasteiger partial charge on any atom is -0.479 e. The van der Waals surface area contributed by atoms with E-state index in [4.69, 9.17) is 4.74 Å². The summed E-state index contributed by atoms with van der Waals surface area (Å²) in [6.07, 6.45) is 6.75. The van der Waals surface area contributed by atoms with E-state index in [9.17, 15) is 23.6 Å². The third-order valence-electron chi connectivity index (χ3n) is 8.50. The molecule has 5 aromatic rings. The summed E-state index contributed by atoms with van der Waals surface area (Å²) in [7, 11) is -3.39. The van der Waals surface area contributed by atoms with Crippen molar-refractivity contribution in [3.63, 3.8) is 0 Å². The Kier molecular flexibility index (Phi) is 7.64. The van der Waals surface area contributed by atoms with E-state index in [-0.39, 0.29) is 31.7 Å². The number of para-hydroxylation sites is 1. The highest BCUT2D eigenvalue weighted by Gasteiger charge is 2.50. The van der Waals surface area contributed by atoms with Gasteiger partial charge in [-0.2, -0.15) is 14.7 Å². The van der Waals surface area contributed by atoms with Crippen LogP contribution in [0.3, 0.4) is 0 Å². The summed E-state index contributed by atoms with van der Waals surface area (Å²) in [5.41, 5.74) is -0.199. The number of nitrogens with zero attached hydrogens (tertiary/aromatic N) is 7. The van der Waals surface area contributed by atoms with Crippen molar-refractivity contribution >= 4 is 27.0 Å². The Hall–Kier alpha value is -5.06. The summed E-state index contributed by atoms with van der Waals surface area (Å²) >= 11 is 0. The molecule has 0 aliphatic carbocycles. The summed E-state index contributed by atoms with van der Waals surface area (Å²) in [6.45, 7) is 3.70. The summed E-state index contributed by atoms with van der Waals surface area (Å²) in [6, 6.07) is 20.3. The van der Waals surface area contributed by atoms with E-state index in [1.165, 1.54) is 10.6 Å². The molecule has 0 amide bonds. The summed E-state index contributed by atoms with van der Waals surface area (Å²) < 4.78 is 35.4. The molecule has 0 radical (unpaired) electrons. The Balaban J connectivity index is 1.39. The molecule has 0 bridgehead atoms. The molecule has 1 atom stereocenters. The Morgan fingerprint density at radius 2 is 1.84 bits per heavy atom. The number of benzene rings is 2. The Morgan fingerprint density at radius 3 is 2.53 bits per heavy atom. The van der Waals surface area contributed by atoms with Crippen molar-refractivity contribution in [2.24, 2.45) is 0 Å². The molecule has 0 spiro atoms. The van der Waals surface area contributed by atoms with Gasteiger partial charge in [-0.1, -0.05) is 37.3 Å². The lowest BCUT2D eigenvalue weighted by atomic mass is 9.86. The zero-order chi connectivity index (χ0) is 31.8. The molecule has 230 valence electrons. The van der Waals surface area contributed by atoms with Crippen molar-refractivity contribution in [3.05, 3.63) is 91.1 Å². The van der Waals surface area contributed by atoms with Crippen molar-refractivity contribution in [3.8, 4) is 28.8 Å². The number of aromatic nitrogens is 5. The third-order valence-corrected chi connectivity index (χ3v) is 10.3. The fourth-order valence-electron chi connectivity index (χ4n) is 6.00. The van der Waals surface area contributed by atoms with Gasteiger partial charge >= 0.3 is 5.97 Å². The van der Waals surface area contributed by atoms with Crippen molar-refractivity contribution in [2.45, 2.75) is 37.8 Å². The number of aliphatic carboxylic acids is 1. The lowest BCUT2D eigenvalue weighted by Crippen LogP contribution is -2.64. The maximum Gasteiger partial charge on any atom is 0.334 e. The topological polar surface area (TPSA) is 156 Å². The number of hydrogen-bond acceptors (Lipinski definition) is 8. The molecule has 4 heterocycles. The lowest BCUT2D eigenvalue weighted by molar-refractivity contribution is -0.145. The Labute approximate surface area is 260 Å². The third kappa shape index (κ3) is 5.01. The van der Waals surface area contributed by atoms with Crippen LogP contribution < -0.4 is 4.74 Å². The molecule has 2 aromatic carbocycles. The molecular weight excluding hydrogens is 594 g/mol. The van der Waals surface area contributed by atoms with Crippen molar-refractivity contribution in [1.82, 2.24) is 28.6 Å². The van der Waals surface area contributed by atoms with Crippen molar-refractivity contribution in [1.29, 1.82) is 5.26 Å². The van der Waals surface area contributed by atoms with Crippen LogP contribution in [-0.2, 0) is 25.9 Å². The van der Waals surface area contributed by atoms with E-state index in [1.54, 1.807) is 65.1 Å². The minimum absolute atomic E-state index is 0.0180. The van der Waals surface area contributed by atoms with Gasteiger partial charge in [0.15, 0.2) is 5.54 Å². The standard InChI is InChI=1S/C32H31N7O5S/c1-3-32(30(40)41,24-9-8-12-26(17-24)44-25-10-6-5-7-11-25)38-16-13-27-28(34-22-35-29(27)38)23-18-36-39(19-23)31(14-15-33)20-37(21-31)45(42,43)4-2/h5-13,16-19,22H,3-4,14,20-21H2,1-2H3,(H,40,41). The van der Waals surface area contributed by atoms with Gasteiger partial charge in [0.25, 0.3) is 0 Å². The van der Waals surface area contributed by atoms with Crippen LogP contribution in [-0.4, -0.2) is 67.0 Å². The molecule has 0 saturated carbocycles. The first-order valence-corrected chi connectivity index (χ1v) is 16.1. The molecule has 6 rings (SSSR count). The van der Waals surface area contributed by atoms with Gasteiger partial charge in [-0.3, -0.25) is 4.68 Å². The van der Waals surface area contributed by atoms with Crippen LogP contribution in [0.15, 0.2) is 85.6 Å². The molecular formula is C32H31N7O5S. The summed E-state index contributed by atoms with van der Waals surface area (Å²) in [5.74, 6) is 0.0667. The maximum absolute atomic E-state index is 13.2. The molecule has 3 aromatic heterocycles. The van der Waals surface area contributed by atoms with E-state index in [1.807, 2.05) is 37.3 Å². The van der Waals surface area contributed by atoms with E-state index in [2.05, 4.69) is 21.1 Å². The van der Waals surface area contributed by atoms with E-state index >= 15 is 0 Å². The number of sulfonamides is 1. The van der Waals surface area contributed by atoms with Gasteiger partial charge in [0.05, 0.1) is 30.1 Å². The van der Waals surface area contributed by atoms with Crippen LogP contribution >= 0.6 is 0 Å². The highest BCUT2D eigenvalue weighted by Crippen LogP contribution is 2.39. The second-order valence-corrected chi connectivity index (χ2v) is 13.3. The first-order valence-electron chi connectivity index (χ1n) is 14.5. The van der Waals surface area contributed by atoms with Crippen molar-refractivity contribution < 1.29 is 23.1 Å². The van der Waals surface area contributed by atoms with Gasteiger partial charge in [0, 0.05) is 36.4 Å². The zero-order valence-corrected chi connectivity index (χ0v) is 25.6.